The highest BCUT2D eigenvalue weighted by Gasteiger charge is 2.20. The molecule has 1 atom stereocenters. The standard InChI is InChI=1S/C24H28FN7O2/c1-15(14-34-2)28-24(33)18-12-26-23-22(18)29-19(13-27-23)21-17-6-5-16(25)11-20(17)32(30-21)10-9-31-7-3-4-8-31/h5-6,11-13,15H,3-4,7-10,14H2,1-2H3,(H,26,27)(H,28,33)/t15-/m0/s1. The fourth-order valence-corrected chi connectivity index (χ4v) is 4.52. The van der Waals surface area contributed by atoms with Crippen molar-refractivity contribution in [3.63, 3.8) is 0 Å². The average molecular weight is 466 g/mol. The third-order valence-corrected chi connectivity index (χ3v) is 6.20. The molecule has 0 unspecified atom stereocenters. The Bertz CT molecular complexity index is 1330. The van der Waals surface area contributed by atoms with Gasteiger partial charge in [-0.15, -0.1) is 0 Å². The van der Waals surface area contributed by atoms with Gasteiger partial charge in [-0.05, 0) is 51.1 Å². The number of likely N-dealkylation sites (tertiary alicyclic amines) is 1. The zero-order chi connectivity index (χ0) is 23.7. The summed E-state index contributed by atoms with van der Waals surface area (Å²) in [4.78, 5) is 27.4. The quantitative estimate of drug-likeness (QED) is 0.415. The fourth-order valence-electron chi connectivity index (χ4n) is 4.52. The normalized spacial score (nSPS) is 15.4. The van der Waals surface area contributed by atoms with Gasteiger partial charge in [-0.3, -0.25) is 9.48 Å². The highest BCUT2D eigenvalue weighted by atomic mass is 19.1. The number of H-pyrrole nitrogens is 1. The summed E-state index contributed by atoms with van der Waals surface area (Å²) in [7, 11) is 1.59. The number of carbonyl (C=O) groups is 1. The number of nitrogens with zero attached hydrogens (tertiary/aromatic N) is 5. The number of ether oxygens (including phenoxy) is 1. The molecule has 5 rings (SSSR count). The SMILES string of the molecule is COC[C@H](C)NC(=O)c1c[nH]c2ncc(-c3nn(CCN4CCCC4)c4cc(F)ccc34)nc12. The maximum Gasteiger partial charge on any atom is 0.255 e. The van der Waals surface area contributed by atoms with Crippen molar-refractivity contribution in [2.45, 2.75) is 32.4 Å². The van der Waals surface area contributed by atoms with Crippen molar-refractivity contribution >= 4 is 28.0 Å². The minimum atomic E-state index is -0.308. The van der Waals surface area contributed by atoms with Gasteiger partial charge < -0.3 is 19.9 Å². The Labute approximate surface area is 196 Å². The lowest BCUT2D eigenvalue weighted by molar-refractivity contribution is 0.0907. The zero-order valence-electron chi connectivity index (χ0n) is 19.3. The molecule has 9 nitrogen and oxygen atoms in total. The van der Waals surface area contributed by atoms with Crippen LogP contribution in [-0.4, -0.2) is 74.9 Å². The van der Waals surface area contributed by atoms with E-state index < -0.39 is 0 Å². The highest BCUT2D eigenvalue weighted by Crippen LogP contribution is 2.29. The summed E-state index contributed by atoms with van der Waals surface area (Å²) in [5, 5.41) is 8.49. The van der Waals surface area contributed by atoms with Crippen molar-refractivity contribution < 1.29 is 13.9 Å². The molecule has 1 aliphatic rings. The third kappa shape index (κ3) is 4.38. The van der Waals surface area contributed by atoms with Gasteiger partial charge >= 0.3 is 0 Å². The van der Waals surface area contributed by atoms with E-state index in [1.165, 1.54) is 25.0 Å². The number of nitrogens with one attached hydrogen (secondary N) is 2. The Kier molecular flexibility index (Phi) is 6.25. The van der Waals surface area contributed by atoms with Crippen LogP contribution in [0.1, 0.15) is 30.1 Å². The number of aromatic amines is 1. The van der Waals surface area contributed by atoms with Crippen molar-refractivity contribution in [2.75, 3.05) is 33.4 Å². The van der Waals surface area contributed by atoms with Crippen LogP contribution in [0.4, 0.5) is 4.39 Å². The Balaban J connectivity index is 1.50. The van der Waals surface area contributed by atoms with Crippen LogP contribution in [-0.2, 0) is 11.3 Å². The van der Waals surface area contributed by atoms with Crippen LogP contribution in [0.25, 0.3) is 33.5 Å². The molecular formula is C24H28FN7O2. The first kappa shape index (κ1) is 22.4. The molecule has 4 heterocycles. The number of amides is 1. The number of hydrogen-bond donors (Lipinski definition) is 2. The predicted octanol–water partition coefficient (Wildman–Crippen LogP) is 2.97. The first-order chi connectivity index (χ1) is 16.5. The molecule has 0 radical (unpaired) electrons. The second kappa shape index (κ2) is 9.47. The molecule has 2 N–H and O–H groups in total. The first-order valence-electron chi connectivity index (χ1n) is 11.6. The Morgan fingerprint density at radius 3 is 2.91 bits per heavy atom. The Morgan fingerprint density at radius 2 is 2.12 bits per heavy atom. The number of fused-ring (bicyclic) bond motifs is 2. The van der Waals surface area contributed by atoms with Gasteiger partial charge in [0.25, 0.3) is 5.91 Å². The monoisotopic (exact) mass is 465 g/mol. The topological polar surface area (TPSA) is 101 Å². The summed E-state index contributed by atoms with van der Waals surface area (Å²) >= 11 is 0. The Morgan fingerprint density at radius 1 is 1.29 bits per heavy atom. The van der Waals surface area contributed by atoms with E-state index in [0.29, 0.717) is 41.3 Å². The molecule has 10 heteroatoms. The van der Waals surface area contributed by atoms with E-state index in [2.05, 4.69) is 20.2 Å². The van der Waals surface area contributed by atoms with Gasteiger partial charge in [-0.2, -0.15) is 5.10 Å². The number of benzene rings is 1. The molecule has 178 valence electrons. The van der Waals surface area contributed by atoms with E-state index >= 15 is 0 Å². The van der Waals surface area contributed by atoms with Crippen LogP contribution < -0.4 is 5.32 Å². The number of rotatable bonds is 8. The lowest BCUT2D eigenvalue weighted by Crippen LogP contribution is -2.35. The molecular weight excluding hydrogens is 437 g/mol. The van der Waals surface area contributed by atoms with Crippen molar-refractivity contribution in [1.82, 2.24) is 34.9 Å². The maximum absolute atomic E-state index is 14.1. The van der Waals surface area contributed by atoms with Gasteiger partial charge in [0, 0.05) is 31.3 Å². The smallest absolute Gasteiger partial charge is 0.255 e. The second-order valence-electron chi connectivity index (χ2n) is 8.77. The van der Waals surface area contributed by atoms with E-state index in [-0.39, 0.29) is 17.8 Å². The molecule has 3 aromatic heterocycles. The maximum atomic E-state index is 14.1. The molecule has 34 heavy (non-hydrogen) atoms. The molecule has 1 saturated heterocycles. The summed E-state index contributed by atoms with van der Waals surface area (Å²) in [6, 6.07) is 4.51. The largest absolute Gasteiger partial charge is 0.383 e. The van der Waals surface area contributed by atoms with Gasteiger partial charge in [0.1, 0.15) is 22.7 Å². The van der Waals surface area contributed by atoms with Crippen LogP contribution in [0.3, 0.4) is 0 Å². The van der Waals surface area contributed by atoms with Crippen molar-refractivity contribution in [2.24, 2.45) is 0 Å². The number of carbonyl (C=O) groups excluding carboxylic acids is 1. The number of halogens is 1. The van der Waals surface area contributed by atoms with E-state index in [1.54, 1.807) is 25.6 Å². The second-order valence-corrected chi connectivity index (χ2v) is 8.77. The van der Waals surface area contributed by atoms with E-state index in [1.807, 2.05) is 11.6 Å². The van der Waals surface area contributed by atoms with Crippen LogP contribution in [0.5, 0.6) is 0 Å². The van der Waals surface area contributed by atoms with Crippen molar-refractivity contribution in [3.8, 4) is 11.4 Å². The van der Waals surface area contributed by atoms with Crippen LogP contribution in [0.2, 0.25) is 0 Å². The number of methoxy groups -OCH3 is 1. The third-order valence-electron chi connectivity index (χ3n) is 6.20. The molecule has 1 fully saturated rings. The minimum absolute atomic E-state index is 0.149. The summed E-state index contributed by atoms with van der Waals surface area (Å²) < 4.78 is 21.0. The zero-order valence-corrected chi connectivity index (χ0v) is 19.3. The van der Waals surface area contributed by atoms with Gasteiger partial charge in [-0.1, -0.05) is 0 Å². The molecule has 0 aliphatic carbocycles. The predicted molar refractivity (Wildman–Crippen MR) is 127 cm³/mol. The molecule has 1 amide bonds. The van der Waals surface area contributed by atoms with Crippen LogP contribution in [0, 0.1) is 5.82 Å². The summed E-state index contributed by atoms with van der Waals surface area (Å²) in [5.74, 6) is -0.567. The average Bonchev–Trinajstić information content (AvgIpc) is 3.56. The molecule has 0 bridgehead atoms. The van der Waals surface area contributed by atoms with Crippen LogP contribution >= 0.6 is 0 Å². The van der Waals surface area contributed by atoms with Crippen molar-refractivity contribution in [1.29, 1.82) is 0 Å². The van der Waals surface area contributed by atoms with Gasteiger partial charge in [0.05, 0.1) is 30.4 Å². The Hall–Kier alpha value is -3.37. The summed E-state index contributed by atoms with van der Waals surface area (Å²) in [6.07, 6.45) is 5.66. The molecule has 0 spiro atoms. The van der Waals surface area contributed by atoms with Crippen molar-refractivity contribution in [3.05, 3.63) is 42.0 Å². The highest BCUT2D eigenvalue weighted by molar-refractivity contribution is 6.05. The van der Waals surface area contributed by atoms with Gasteiger partial charge in [0.15, 0.2) is 5.65 Å². The first-order valence-corrected chi connectivity index (χ1v) is 11.6. The lowest BCUT2D eigenvalue weighted by Gasteiger charge is -2.14. The summed E-state index contributed by atoms with van der Waals surface area (Å²) in [6.45, 7) is 5.97. The molecule has 0 saturated carbocycles. The number of hydrogen-bond acceptors (Lipinski definition) is 6. The van der Waals surface area contributed by atoms with E-state index in [9.17, 15) is 9.18 Å². The van der Waals surface area contributed by atoms with Crippen LogP contribution in [0.15, 0.2) is 30.6 Å². The van der Waals surface area contributed by atoms with Gasteiger partial charge in [-0.25, -0.2) is 14.4 Å². The van der Waals surface area contributed by atoms with E-state index in [4.69, 9.17) is 14.8 Å². The van der Waals surface area contributed by atoms with E-state index in [0.717, 1.165) is 30.5 Å². The fraction of sp³-hybridized carbons (Fsp3) is 0.417. The lowest BCUT2D eigenvalue weighted by atomic mass is 10.1. The molecule has 1 aliphatic heterocycles. The molecule has 1 aromatic carbocycles. The minimum Gasteiger partial charge on any atom is -0.383 e. The number of aromatic nitrogens is 5. The summed E-state index contributed by atoms with van der Waals surface area (Å²) in [5.41, 5.74) is 3.24. The van der Waals surface area contributed by atoms with Gasteiger partial charge in [0.2, 0.25) is 0 Å². The molecule has 4 aromatic rings.